The van der Waals surface area contributed by atoms with Crippen LogP contribution in [0.2, 0.25) is 0 Å². The van der Waals surface area contributed by atoms with Gasteiger partial charge in [-0.05, 0) is 45.0 Å². The molecular weight excluding hydrogens is 282 g/mol. The number of aromatic nitrogens is 2. The predicted octanol–water partition coefficient (Wildman–Crippen LogP) is 3.61. The summed E-state index contributed by atoms with van der Waals surface area (Å²) in [6.07, 6.45) is 4.78. The standard InChI is InChI=1S/C17H24ClN3/c1-13-6-5-8-15-17(13)21(16(19-15)9-10-18)12-14-7-3-4-11-20(14)2/h5-6,8,14H,3-4,7,9-12H2,1-2H3. The smallest absolute Gasteiger partial charge is 0.111 e. The second-order valence-electron chi connectivity index (χ2n) is 6.15. The average Bonchev–Trinajstić information content (AvgIpc) is 2.81. The number of benzene rings is 1. The van der Waals surface area contributed by atoms with Gasteiger partial charge in [0.1, 0.15) is 5.82 Å². The molecule has 21 heavy (non-hydrogen) atoms. The van der Waals surface area contributed by atoms with E-state index in [2.05, 4.69) is 41.6 Å². The molecule has 3 rings (SSSR count). The van der Waals surface area contributed by atoms with Crippen LogP contribution in [0.25, 0.3) is 11.0 Å². The Balaban J connectivity index is 2.00. The number of alkyl halides is 1. The van der Waals surface area contributed by atoms with E-state index in [-0.39, 0.29) is 0 Å². The van der Waals surface area contributed by atoms with Crippen LogP contribution in [0.3, 0.4) is 0 Å². The third-order valence-electron chi connectivity index (χ3n) is 4.68. The van der Waals surface area contributed by atoms with Gasteiger partial charge in [-0.1, -0.05) is 18.6 Å². The molecule has 4 heteroatoms. The topological polar surface area (TPSA) is 21.1 Å². The lowest BCUT2D eigenvalue weighted by Crippen LogP contribution is -2.39. The highest BCUT2D eigenvalue weighted by atomic mass is 35.5. The van der Waals surface area contributed by atoms with Crippen LogP contribution in [0.1, 0.15) is 30.7 Å². The molecule has 1 aromatic carbocycles. The van der Waals surface area contributed by atoms with E-state index in [4.69, 9.17) is 16.6 Å². The minimum atomic E-state index is 0.616. The monoisotopic (exact) mass is 305 g/mol. The third kappa shape index (κ3) is 2.95. The third-order valence-corrected chi connectivity index (χ3v) is 4.87. The molecule has 1 fully saturated rings. The number of piperidine rings is 1. The van der Waals surface area contributed by atoms with E-state index in [1.54, 1.807) is 0 Å². The first-order valence-corrected chi connectivity index (χ1v) is 8.45. The Labute approximate surface area is 131 Å². The maximum absolute atomic E-state index is 5.98. The summed E-state index contributed by atoms with van der Waals surface area (Å²) in [6, 6.07) is 6.99. The molecule has 0 aliphatic carbocycles. The van der Waals surface area contributed by atoms with E-state index in [0.29, 0.717) is 11.9 Å². The van der Waals surface area contributed by atoms with Crippen molar-refractivity contribution < 1.29 is 0 Å². The highest BCUT2D eigenvalue weighted by Gasteiger charge is 2.22. The summed E-state index contributed by atoms with van der Waals surface area (Å²) in [7, 11) is 2.25. The molecule has 0 bridgehead atoms. The maximum atomic E-state index is 5.98. The molecule has 1 aliphatic rings. The van der Waals surface area contributed by atoms with Gasteiger partial charge in [0.15, 0.2) is 0 Å². The highest BCUT2D eigenvalue weighted by molar-refractivity contribution is 6.17. The number of hydrogen-bond acceptors (Lipinski definition) is 2. The number of nitrogens with zero attached hydrogens (tertiary/aromatic N) is 3. The Hall–Kier alpha value is -1.06. The molecule has 2 aromatic rings. The van der Waals surface area contributed by atoms with Crippen molar-refractivity contribution in [3.63, 3.8) is 0 Å². The average molecular weight is 306 g/mol. The molecule has 1 saturated heterocycles. The van der Waals surface area contributed by atoms with Crippen molar-refractivity contribution in [1.82, 2.24) is 14.5 Å². The molecule has 2 heterocycles. The summed E-state index contributed by atoms with van der Waals surface area (Å²) in [5.74, 6) is 1.76. The molecule has 1 aromatic heterocycles. The fourth-order valence-corrected chi connectivity index (χ4v) is 3.64. The molecule has 0 spiro atoms. The second-order valence-corrected chi connectivity index (χ2v) is 6.53. The molecule has 1 atom stereocenters. The molecule has 0 N–H and O–H groups in total. The number of para-hydroxylation sites is 1. The van der Waals surface area contributed by atoms with E-state index >= 15 is 0 Å². The lowest BCUT2D eigenvalue weighted by atomic mass is 10.0. The lowest BCUT2D eigenvalue weighted by molar-refractivity contribution is 0.167. The second kappa shape index (κ2) is 6.37. The summed E-state index contributed by atoms with van der Waals surface area (Å²) >= 11 is 5.98. The first-order valence-electron chi connectivity index (χ1n) is 7.91. The van der Waals surface area contributed by atoms with Crippen LogP contribution in [0.5, 0.6) is 0 Å². The van der Waals surface area contributed by atoms with Gasteiger partial charge >= 0.3 is 0 Å². The van der Waals surface area contributed by atoms with Gasteiger partial charge in [0, 0.05) is 24.9 Å². The van der Waals surface area contributed by atoms with Crippen LogP contribution in [-0.4, -0.2) is 40.0 Å². The normalized spacial score (nSPS) is 20.2. The van der Waals surface area contributed by atoms with Gasteiger partial charge in [-0.3, -0.25) is 0 Å². The van der Waals surface area contributed by atoms with Gasteiger partial charge in [-0.25, -0.2) is 4.98 Å². The van der Waals surface area contributed by atoms with Crippen molar-refractivity contribution in [3.05, 3.63) is 29.6 Å². The summed E-state index contributed by atoms with van der Waals surface area (Å²) in [4.78, 5) is 7.31. The van der Waals surface area contributed by atoms with Gasteiger partial charge in [0.05, 0.1) is 11.0 Å². The van der Waals surface area contributed by atoms with E-state index in [1.165, 1.54) is 36.9 Å². The zero-order chi connectivity index (χ0) is 14.8. The fourth-order valence-electron chi connectivity index (χ4n) is 3.47. The minimum Gasteiger partial charge on any atom is -0.326 e. The number of likely N-dealkylation sites (N-methyl/N-ethyl adjacent to an activating group) is 1. The quantitative estimate of drug-likeness (QED) is 0.805. The van der Waals surface area contributed by atoms with Crippen LogP contribution in [-0.2, 0) is 13.0 Å². The zero-order valence-corrected chi connectivity index (χ0v) is 13.7. The van der Waals surface area contributed by atoms with E-state index < -0.39 is 0 Å². The number of imidazole rings is 1. The SMILES string of the molecule is Cc1cccc2nc(CCCl)n(CC3CCCCN3C)c12. The van der Waals surface area contributed by atoms with Crippen molar-refractivity contribution >= 4 is 22.6 Å². The first-order chi connectivity index (χ1) is 10.2. The molecule has 1 aliphatic heterocycles. The van der Waals surface area contributed by atoms with Crippen LogP contribution in [0.4, 0.5) is 0 Å². The number of halogens is 1. The summed E-state index contributed by atoms with van der Waals surface area (Å²) in [5.41, 5.74) is 3.70. The molecule has 1 unspecified atom stereocenters. The van der Waals surface area contributed by atoms with Crippen molar-refractivity contribution in [2.24, 2.45) is 0 Å². The van der Waals surface area contributed by atoms with E-state index in [9.17, 15) is 0 Å². The number of rotatable bonds is 4. The zero-order valence-electron chi connectivity index (χ0n) is 13.0. The van der Waals surface area contributed by atoms with Gasteiger partial charge in [-0.2, -0.15) is 0 Å². The number of fused-ring (bicyclic) bond motifs is 1. The highest BCUT2D eigenvalue weighted by Crippen LogP contribution is 2.24. The van der Waals surface area contributed by atoms with Gasteiger partial charge < -0.3 is 9.47 Å². The van der Waals surface area contributed by atoms with Crippen LogP contribution < -0.4 is 0 Å². The Morgan fingerprint density at radius 2 is 2.19 bits per heavy atom. The Morgan fingerprint density at radius 1 is 1.33 bits per heavy atom. The Morgan fingerprint density at radius 3 is 2.95 bits per heavy atom. The summed E-state index contributed by atoms with van der Waals surface area (Å²) < 4.78 is 2.42. The molecular formula is C17H24ClN3. The molecule has 0 amide bonds. The van der Waals surface area contributed by atoms with Crippen LogP contribution >= 0.6 is 11.6 Å². The molecule has 0 radical (unpaired) electrons. The summed E-state index contributed by atoms with van der Waals surface area (Å²) in [5, 5.41) is 0. The van der Waals surface area contributed by atoms with Gasteiger partial charge in [0.2, 0.25) is 0 Å². The fraction of sp³-hybridized carbons (Fsp3) is 0.588. The predicted molar refractivity (Wildman–Crippen MR) is 89.2 cm³/mol. The molecule has 114 valence electrons. The van der Waals surface area contributed by atoms with Crippen molar-refractivity contribution in [2.75, 3.05) is 19.5 Å². The summed E-state index contributed by atoms with van der Waals surface area (Å²) in [6.45, 7) is 4.42. The van der Waals surface area contributed by atoms with E-state index in [0.717, 1.165) is 24.3 Å². The van der Waals surface area contributed by atoms with Gasteiger partial charge in [-0.15, -0.1) is 11.6 Å². The van der Waals surface area contributed by atoms with Crippen LogP contribution in [0.15, 0.2) is 18.2 Å². The van der Waals surface area contributed by atoms with Crippen molar-refractivity contribution in [3.8, 4) is 0 Å². The lowest BCUT2D eigenvalue weighted by Gasteiger charge is -2.33. The van der Waals surface area contributed by atoms with Crippen LogP contribution in [0, 0.1) is 6.92 Å². The Bertz CT molecular complexity index is 620. The number of aryl methyl sites for hydroxylation is 2. The molecule has 3 nitrogen and oxygen atoms in total. The van der Waals surface area contributed by atoms with Gasteiger partial charge in [0.25, 0.3) is 0 Å². The maximum Gasteiger partial charge on any atom is 0.111 e. The van der Waals surface area contributed by atoms with Crippen molar-refractivity contribution in [1.29, 1.82) is 0 Å². The van der Waals surface area contributed by atoms with E-state index in [1.807, 2.05) is 0 Å². The Kier molecular flexibility index (Phi) is 4.51. The van der Waals surface area contributed by atoms with Crippen molar-refractivity contribution in [2.45, 2.75) is 45.2 Å². The largest absolute Gasteiger partial charge is 0.326 e. The molecule has 0 saturated carbocycles. The first kappa shape index (κ1) is 14.9. The number of hydrogen-bond donors (Lipinski definition) is 0. The number of likely N-dealkylation sites (tertiary alicyclic amines) is 1. The minimum absolute atomic E-state index is 0.616.